The quantitative estimate of drug-likeness (QED) is 0.900. The maximum atomic E-state index is 12.2. The second-order valence-corrected chi connectivity index (χ2v) is 6.85. The van der Waals surface area contributed by atoms with Gasteiger partial charge in [-0.1, -0.05) is 26.0 Å². The number of nitrogens with zero attached hydrogens (tertiary/aromatic N) is 3. The van der Waals surface area contributed by atoms with E-state index in [0.29, 0.717) is 12.5 Å². The van der Waals surface area contributed by atoms with Crippen molar-refractivity contribution in [3.8, 4) is 6.07 Å². The number of nitriles is 1. The number of rotatable bonds is 5. The molecule has 1 N–H and O–H groups in total. The Kier molecular flexibility index (Phi) is 6.62. The molecule has 1 atom stereocenters. The van der Waals surface area contributed by atoms with Crippen molar-refractivity contribution in [3.05, 3.63) is 29.8 Å². The van der Waals surface area contributed by atoms with Crippen LogP contribution in [0.5, 0.6) is 0 Å². The van der Waals surface area contributed by atoms with Crippen LogP contribution in [0.15, 0.2) is 24.3 Å². The van der Waals surface area contributed by atoms with Crippen LogP contribution in [0.1, 0.15) is 32.8 Å². The fraction of sp³-hybridized carbons (Fsp3) is 0.579. The molecular formula is C19H28N4O. The van der Waals surface area contributed by atoms with Crippen LogP contribution in [0.25, 0.3) is 0 Å². The molecule has 5 nitrogen and oxygen atoms in total. The zero-order valence-corrected chi connectivity index (χ0v) is 15.0. The number of nitrogens with one attached hydrogen (secondary N) is 1. The standard InChI is InChI=1S/C19H28N4O/c1-15(2)16(3)21-19(24)14-22-9-6-10-23(12-11-22)18-8-5-4-7-17(18)13-20/h4-5,7-8,15-16H,6,9-12,14H2,1-3H3,(H,21,24)/t16-/m1/s1. The molecule has 2 rings (SSSR count). The van der Waals surface area contributed by atoms with Crippen LogP contribution in [0.3, 0.4) is 0 Å². The van der Waals surface area contributed by atoms with E-state index in [1.165, 1.54) is 0 Å². The molecule has 1 aromatic carbocycles. The topological polar surface area (TPSA) is 59.4 Å². The van der Waals surface area contributed by atoms with Crippen LogP contribution in [0.2, 0.25) is 0 Å². The monoisotopic (exact) mass is 328 g/mol. The number of hydrogen-bond acceptors (Lipinski definition) is 4. The van der Waals surface area contributed by atoms with Crippen LogP contribution < -0.4 is 10.2 Å². The Morgan fingerprint density at radius 1 is 1.21 bits per heavy atom. The number of amides is 1. The van der Waals surface area contributed by atoms with Crippen molar-refractivity contribution in [3.63, 3.8) is 0 Å². The van der Waals surface area contributed by atoms with E-state index >= 15 is 0 Å². The Morgan fingerprint density at radius 3 is 2.67 bits per heavy atom. The number of carbonyl (C=O) groups is 1. The summed E-state index contributed by atoms with van der Waals surface area (Å²) >= 11 is 0. The van der Waals surface area contributed by atoms with E-state index in [1.807, 2.05) is 31.2 Å². The lowest BCUT2D eigenvalue weighted by atomic mass is 10.1. The van der Waals surface area contributed by atoms with E-state index in [0.717, 1.165) is 43.9 Å². The number of benzene rings is 1. The summed E-state index contributed by atoms with van der Waals surface area (Å²) in [4.78, 5) is 16.6. The maximum absolute atomic E-state index is 12.2. The molecule has 0 bridgehead atoms. The van der Waals surface area contributed by atoms with E-state index in [4.69, 9.17) is 0 Å². The van der Waals surface area contributed by atoms with E-state index < -0.39 is 0 Å². The van der Waals surface area contributed by atoms with Crippen molar-refractivity contribution in [1.82, 2.24) is 10.2 Å². The van der Waals surface area contributed by atoms with E-state index in [1.54, 1.807) is 0 Å². The minimum Gasteiger partial charge on any atom is -0.369 e. The highest BCUT2D eigenvalue weighted by Crippen LogP contribution is 2.21. The third-order valence-electron chi connectivity index (χ3n) is 4.71. The molecule has 1 aliphatic heterocycles. The smallest absolute Gasteiger partial charge is 0.234 e. The minimum atomic E-state index is 0.0991. The van der Waals surface area contributed by atoms with Gasteiger partial charge < -0.3 is 10.2 Å². The number of carbonyl (C=O) groups excluding carboxylic acids is 1. The first-order valence-electron chi connectivity index (χ1n) is 8.77. The molecule has 1 aromatic rings. The van der Waals surface area contributed by atoms with Gasteiger partial charge in [-0.05, 0) is 31.4 Å². The largest absolute Gasteiger partial charge is 0.369 e. The summed E-state index contributed by atoms with van der Waals surface area (Å²) in [7, 11) is 0. The lowest BCUT2D eigenvalue weighted by Gasteiger charge is -2.25. The molecule has 24 heavy (non-hydrogen) atoms. The molecule has 1 aliphatic rings. The van der Waals surface area contributed by atoms with Crippen molar-refractivity contribution >= 4 is 11.6 Å². The van der Waals surface area contributed by atoms with Crippen molar-refractivity contribution in [2.75, 3.05) is 37.6 Å². The molecule has 1 heterocycles. The molecule has 1 amide bonds. The van der Waals surface area contributed by atoms with Gasteiger partial charge in [0.2, 0.25) is 5.91 Å². The Bertz CT molecular complexity index is 593. The first-order valence-corrected chi connectivity index (χ1v) is 8.77. The number of hydrogen-bond donors (Lipinski definition) is 1. The van der Waals surface area contributed by atoms with Gasteiger partial charge in [-0.15, -0.1) is 0 Å². The highest BCUT2D eigenvalue weighted by molar-refractivity contribution is 5.78. The molecule has 1 fully saturated rings. The fourth-order valence-electron chi connectivity index (χ4n) is 2.88. The highest BCUT2D eigenvalue weighted by atomic mass is 16.2. The fourth-order valence-corrected chi connectivity index (χ4v) is 2.88. The van der Waals surface area contributed by atoms with Crippen molar-refractivity contribution in [1.29, 1.82) is 5.26 Å². The molecule has 0 saturated carbocycles. The molecular weight excluding hydrogens is 300 g/mol. The molecule has 5 heteroatoms. The van der Waals surface area contributed by atoms with E-state index in [-0.39, 0.29) is 11.9 Å². The zero-order valence-electron chi connectivity index (χ0n) is 15.0. The van der Waals surface area contributed by atoms with Crippen LogP contribution in [-0.4, -0.2) is 49.6 Å². The molecule has 0 aliphatic carbocycles. The third-order valence-corrected chi connectivity index (χ3v) is 4.71. The normalized spacial score (nSPS) is 17.2. The molecule has 1 saturated heterocycles. The van der Waals surface area contributed by atoms with Crippen LogP contribution in [0, 0.1) is 17.2 Å². The summed E-state index contributed by atoms with van der Waals surface area (Å²) in [5.74, 6) is 0.540. The lowest BCUT2D eigenvalue weighted by molar-refractivity contribution is -0.123. The summed E-state index contributed by atoms with van der Waals surface area (Å²) < 4.78 is 0. The second-order valence-electron chi connectivity index (χ2n) is 6.85. The molecule has 0 aromatic heterocycles. The Morgan fingerprint density at radius 2 is 1.96 bits per heavy atom. The van der Waals surface area contributed by atoms with Gasteiger partial charge in [-0.25, -0.2) is 0 Å². The highest BCUT2D eigenvalue weighted by Gasteiger charge is 2.19. The average molecular weight is 328 g/mol. The Labute approximate surface area is 145 Å². The van der Waals surface area contributed by atoms with Crippen LogP contribution >= 0.6 is 0 Å². The predicted molar refractivity (Wildman–Crippen MR) is 96.9 cm³/mol. The summed E-state index contributed by atoms with van der Waals surface area (Å²) in [5, 5.41) is 12.3. The van der Waals surface area contributed by atoms with Gasteiger partial charge in [0.05, 0.1) is 17.8 Å². The van der Waals surface area contributed by atoms with Crippen LogP contribution in [-0.2, 0) is 4.79 Å². The van der Waals surface area contributed by atoms with Gasteiger partial charge in [-0.3, -0.25) is 9.69 Å². The van der Waals surface area contributed by atoms with Gasteiger partial charge in [0.1, 0.15) is 6.07 Å². The molecule has 0 radical (unpaired) electrons. The van der Waals surface area contributed by atoms with Crippen molar-refractivity contribution in [2.45, 2.75) is 33.2 Å². The summed E-state index contributed by atoms with van der Waals surface area (Å²) in [5.41, 5.74) is 1.72. The summed E-state index contributed by atoms with van der Waals surface area (Å²) in [6.45, 7) is 10.2. The Hall–Kier alpha value is -2.06. The van der Waals surface area contributed by atoms with Gasteiger partial charge in [0, 0.05) is 32.2 Å². The summed E-state index contributed by atoms with van der Waals surface area (Å²) in [6, 6.07) is 10.2. The molecule has 0 unspecified atom stereocenters. The summed E-state index contributed by atoms with van der Waals surface area (Å²) in [6.07, 6.45) is 0.993. The van der Waals surface area contributed by atoms with Crippen molar-refractivity contribution < 1.29 is 4.79 Å². The molecule has 130 valence electrons. The second kappa shape index (κ2) is 8.70. The average Bonchev–Trinajstić information content (AvgIpc) is 2.80. The van der Waals surface area contributed by atoms with E-state index in [9.17, 15) is 10.1 Å². The lowest BCUT2D eigenvalue weighted by Crippen LogP contribution is -2.43. The SMILES string of the molecule is CC(C)[C@@H](C)NC(=O)CN1CCCN(c2ccccc2C#N)CC1. The maximum Gasteiger partial charge on any atom is 0.234 e. The first-order chi connectivity index (χ1) is 11.5. The van der Waals surface area contributed by atoms with E-state index in [2.05, 4.69) is 35.0 Å². The van der Waals surface area contributed by atoms with Gasteiger partial charge in [-0.2, -0.15) is 5.26 Å². The van der Waals surface area contributed by atoms with Crippen LogP contribution in [0.4, 0.5) is 5.69 Å². The van der Waals surface area contributed by atoms with Gasteiger partial charge >= 0.3 is 0 Å². The Balaban J connectivity index is 1.91. The number of para-hydroxylation sites is 1. The van der Waals surface area contributed by atoms with Gasteiger partial charge in [0.25, 0.3) is 0 Å². The van der Waals surface area contributed by atoms with Crippen molar-refractivity contribution in [2.24, 2.45) is 5.92 Å². The van der Waals surface area contributed by atoms with Gasteiger partial charge in [0.15, 0.2) is 0 Å². The zero-order chi connectivity index (χ0) is 17.5. The first kappa shape index (κ1) is 18.3. The predicted octanol–water partition coefficient (Wildman–Crippen LogP) is 2.23. The minimum absolute atomic E-state index is 0.0991. The third kappa shape index (κ3) is 4.97. The molecule has 0 spiro atoms. The number of anilines is 1.